The van der Waals surface area contributed by atoms with Gasteiger partial charge in [-0.25, -0.2) is 0 Å². The normalized spacial score (nSPS) is 21.0. The van der Waals surface area contributed by atoms with Crippen LogP contribution in [0.4, 0.5) is 0 Å². The maximum Gasteiger partial charge on any atom is 0.00767 e. The predicted octanol–water partition coefficient (Wildman–Crippen LogP) is -0.911. The summed E-state index contributed by atoms with van der Waals surface area (Å²) in [5, 5.41) is 6.57. The van der Waals surface area contributed by atoms with E-state index in [-0.39, 0.29) is 6.15 Å². The van der Waals surface area contributed by atoms with Crippen molar-refractivity contribution >= 4 is 0 Å². The Kier molecular flexibility index (Phi) is 4.95. The number of nitrogens with zero attached hydrogens (tertiary/aromatic N) is 1. The van der Waals surface area contributed by atoms with Gasteiger partial charge in [-0.15, -0.1) is 0 Å². The third kappa shape index (κ3) is 2.96. The third-order valence-corrected chi connectivity index (χ3v) is 1.19. The molecular formula is C5H12N3. The van der Waals surface area contributed by atoms with Crippen LogP contribution in [-0.2, 0) is 0 Å². The summed E-state index contributed by atoms with van der Waals surface area (Å²) in [4.78, 5) is 0. The van der Waals surface area contributed by atoms with Gasteiger partial charge in [0.25, 0.3) is 0 Å². The molecule has 1 fully saturated rings. The number of nitrogens with one attached hydrogen (secondary N) is 2. The second-order valence-electron chi connectivity index (χ2n) is 1.85. The average molecular weight is 114 g/mol. The Hall–Kier alpha value is -0.120. The van der Waals surface area contributed by atoms with Crippen molar-refractivity contribution in [2.45, 2.75) is 6.42 Å². The van der Waals surface area contributed by atoms with Crippen molar-refractivity contribution in [3.63, 3.8) is 0 Å². The molecule has 2 N–H and O–H groups in total. The van der Waals surface area contributed by atoms with Crippen LogP contribution in [0.15, 0.2) is 0 Å². The summed E-state index contributed by atoms with van der Waals surface area (Å²) in [6.45, 7) is 4.65. The zero-order valence-electron chi connectivity index (χ0n) is 4.98. The first-order valence-electron chi connectivity index (χ1n) is 2.91. The molecule has 0 aliphatic carbocycles. The van der Waals surface area contributed by atoms with Crippen LogP contribution in [-0.4, -0.2) is 26.2 Å². The zero-order chi connectivity index (χ0) is 4.95. The van der Waals surface area contributed by atoms with Gasteiger partial charge in [0.05, 0.1) is 0 Å². The zero-order valence-corrected chi connectivity index (χ0v) is 4.98. The molecule has 8 heavy (non-hydrogen) atoms. The molecule has 1 rings (SSSR count). The summed E-state index contributed by atoms with van der Waals surface area (Å²) in [7, 11) is 0. The van der Waals surface area contributed by atoms with E-state index >= 15 is 0 Å². The molecule has 0 aromatic carbocycles. The van der Waals surface area contributed by atoms with Gasteiger partial charge in [-0.3, -0.25) is 0 Å². The van der Waals surface area contributed by atoms with E-state index in [1.807, 2.05) is 0 Å². The highest BCUT2D eigenvalue weighted by atomic mass is 15.0. The molecular weight excluding hydrogens is 102 g/mol. The van der Waals surface area contributed by atoms with E-state index in [1.54, 1.807) is 0 Å². The minimum absolute atomic E-state index is 0. The molecule has 0 aromatic rings. The molecule has 0 bridgehead atoms. The van der Waals surface area contributed by atoms with E-state index in [9.17, 15) is 0 Å². The summed E-state index contributed by atoms with van der Waals surface area (Å²) in [5.41, 5.74) is 0. The Morgan fingerprint density at radius 3 is 1.75 bits per heavy atom. The van der Waals surface area contributed by atoms with Gasteiger partial charge in [-0.1, -0.05) is 0 Å². The van der Waals surface area contributed by atoms with Gasteiger partial charge >= 0.3 is 0 Å². The SMILES string of the molecule is C1CNCCNC1.[N]. The molecule has 0 saturated carbocycles. The molecule has 0 spiro atoms. The van der Waals surface area contributed by atoms with Crippen molar-refractivity contribution in [3.05, 3.63) is 0 Å². The largest absolute Gasteiger partial charge is 0.315 e. The van der Waals surface area contributed by atoms with E-state index in [0.717, 1.165) is 13.1 Å². The summed E-state index contributed by atoms with van der Waals surface area (Å²) in [5.74, 6) is 0. The maximum atomic E-state index is 3.28. The summed E-state index contributed by atoms with van der Waals surface area (Å²) in [6.07, 6.45) is 1.28. The summed E-state index contributed by atoms with van der Waals surface area (Å²) in [6, 6.07) is 0. The van der Waals surface area contributed by atoms with Crippen LogP contribution < -0.4 is 16.8 Å². The van der Waals surface area contributed by atoms with Gasteiger partial charge in [-0.2, -0.15) is 0 Å². The van der Waals surface area contributed by atoms with Crippen LogP contribution in [0.25, 0.3) is 0 Å². The molecule has 3 heteroatoms. The van der Waals surface area contributed by atoms with E-state index in [4.69, 9.17) is 0 Å². The molecule has 1 aliphatic heterocycles. The molecule has 0 unspecified atom stereocenters. The second-order valence-corrected chi connectivity index (χ2v) is 1.85. The molecule has 3 nitrogen and oxygen atoms in total. The molecule has 47 valence electrons. The third-order valence-electron chi connectivity index (χ3n) is 1.19. The lowest BCUT2D eigenvalue weighted by atomic mass is 10.4. The topological polar surface area (TPSA) is 54.6 Å². The molecule has 1 aliphatic rings. The minimum atomic E-state index is 0. The number of hydrogen-bond acceptors (Lipinski definition) is 2. The van der Waals surface area contributed by atoms with Crippen LogP contribution in [0.5, 0.6) is 0 Å². The van der Waals surface area contributed by atoms with E-state index in [1.165, 1.54) is 19.5 Å². The van der Waals surface area contributed by atoms with Crippen molar-refractivity contribution in [2.75, 3.05) is 26.2 Å². The van der Waals surface area contributed by atoms with Crippen LogP contribution in [0.3, 0.4) is 0 Å². The smallest absolute Gasteiger partial charge is 0.00767 e. The lowest BCUT2D eigenvalue weighted by Crippen LogP contribution is -2.21. The molecule has 3 radical (unpaired) electrons. The van der Waals surface area contributed by atoms with E-state index in [2.05, 4.69) is 10.6 Å². The predicted molar refractivity (Wildman–Crippen MR) is 32.5 cm³/mol. The number of hydrogen-bond donors (Lipinski definition) is 2. The molecule has 0 amide bonds. The first-order chi connectivity index (χ1) is 3.50. The fourth-order valence-corrected chi connectivity index (χ4v) is 0.765. The quantitative estimate of drug-likeness (QED) is 0.428. The Morgan fingerprint density at radius 1 is 0.750 bits per heavy atom. The van der Waals surface area contributed by atoms with Gasteiger partial charge in [0.1, 0.15) is 0 Å². The first kappa shape index (κ1) is 7.88. The standard InChI is InChI=1S/C5H12N2.N/c1-2-6-4-5-7-3-1;/h6-7H,1-5H2;. The average Bonchev–Trinajstić information content (AvgIpc) is 1.90. The first-order valence-corrected chi connectivity index (χ1v) is 2.91. The highest BCUT2D eigenvalue weighted by Gasteiger charge is 1.92. The van der Waals surface area contributed by atoms with Gasteiger partial charge in [0, 0.05) is 19.2 Å². The van der Waals surface area contributed by atoms with Crippen molar-refractivity contribution in [3.8, 4) is 0 Å². The van der Waals surface area contributed by atoms with Gasteiger partial charge in [0.2, 0.25) is 0 Å². The summed E-state index contributed by atoms with van der Waals surface area (Å²) >= 11 is 0. The Labute approximate surface area is 50.4 Å². The lowest BCUT2D eigenvalue weighted by molar-refractivity contribution is 0.718. The maximum absolute atomic E-state index is 3.28. The van der Waals surface area contributed by atoms with Crippen molar-refractivity contribution in [1.29, 1.82) is 0 Å². The van der Waals surface area contributed by atoms with E-state index < -0.39 is 0 Å². The number of rotatable bonds is 0. The fourth-order valence-electron chi connectivity index (χ4n) is 0.765. The highest BCUT2D eigenvalue weighted by Crippen LogP contribution is 1.75. The van der Waals surface area contributed by atoms with Crippen LogP contribution in [0, 0.1) is 0 Å². The lowest BCUT2D eigenvalue weighted by Gasteiger charge is -1.92. The molecule has 1 heterocycles. The van der Waals surface area contributed by atoms with Gasteiger partial charge < -0.3 is 10.6 Å². The summed E-state index contributed by atoms with van der Waals surface area (Å²) < 4.78 is 0. The van der Waals surface area contributed by atoms with Crippen molar-refractivity contribution < 1.29 is 0 Å². The fraction of sp³-hybridized carbons (Fsp3) is 1.00. The Morgan fingerprint density at radius 2 is 1.25 bits per heavy atom. The highest BCUT2D eigenvalue weighted by molar-refractivity contribution is 4.57. The monoisotopic (exact) mass is 114 g/mol. The van der Waals surface area contributed by atoms with Crippen LogP contribution >= 0.6 is 0 Å². The minimum Gasteiger partial charge on any atom is -0.315 e. The molecule has 1 saturated heterocycles. The van der Waals surface area contributed by atoms with Crippen LogP contribution in [0.2, 0.25) is 0 Å². The second kappa shape index (κ2) is 5.03. The van der Waals surface area contributed by atoms with Crippen LogP contribution in [0.1, 0.15) is 6.42 Å². The Bertz CT molecular complexity index is 27.3. The van der Waals surface area contributed by atoms with Gasteiger partial charge in [-0.05, 0) is 19.5 Å². The van der Waals surface area contributed by atoms with Crippen molar-refractivity contribution in [1.82, 2.24) is 16.8 Å². The van der Waals surface area contributed by atoms with E-state index in [0.29, 0.717) is 0 Å². The van der Waals surface area contributed by atoms with Crippen molar-refractivity contribution in [2.24, 2.45) is 0 Å². The Balaban J connectivity index is 0.000000490. The molecule has 0 aromatic heterocycles. The van der Waals surface area contributed by atoms with Gasteiger partial charge in [0.15, 0.2) is 0 Å². The molecule has 0 atom stereocenters.